The zero-order valence-corrected chi connectivity index (χ0v) is 7.15. The fourth-order valence-electron chi connectivity index (χ4n) is 0.663. The van der Waals surface area contributed by atoms with Crippen molar-refractivity contribution in [1.82, 2.24) is 0 Å². The summed E-state index contributed by atoms with van der Waals surface area (Å²) in [6.45, 7) is 0. The molecule has 0 aliphatic rings. The third kappa shape index (κ3) is 4.22. The monoisotopic (exact) mass is 189 g/mol. The van der Waals surface area contributed by atoms with Gasteiger partial charge in [0.05, 0.1) is 7.11 Å². The van der Waals surface area contributed by atoms with Crippen molar-refractivity contribution in [2.24, 2.45) is 5.73 Å². The van der Waals surface area contributed by atoms with Crippen molar-refractivity contribution in [3.05, 3.63) is 0 Å². The smallest absolute Gasteiger partial charge is 0.372 e. The van der Waals surface area contributed by atoms with Gasteiger partial charge in [-0.3, -0.25) is 9.59 Å². The minimum Gasteiger partial charge on any atom is -0.476 e. The predicted molar refractivity (Wildman–Crippen MR) is 41.9 cm³/mol. The Morgan fingerprint density at radius 1 is 1.46 bits per heavy atom. The summed E-state index contributed by atoms with van der Waals surface area (Å²) in [6, 6.07) is -0.937. The molecule has 0 aliphatic carbocycles. The Balaban J connectivity index is 3.83. The molecule has 0 heterocycles. The van der Waals surface area contributed by atoms with E-state index in [0.29, 0.717) is 0 Å². The van der Waals surface area contributed by atoms with Crippen LogP contribution < -0.4 is 5.73 Å². The third-order valence-corrected chi connectivity index (χ3v) is 1.42. The second-order valence-corrected chi connectivity index (χ2v) is 2.40. The number of esters is 1. The van der Waals surface area contributed by atoms with E-state index in [-0.39, 0.29) is 12.8 Å². The van der Waals surface area contributed by atoms with Crippen LogP contribution in [-0.2, 0) is 19.1 Å². The van der Waals surface area contributed by atoms with Crippen LogP contribution in [-0.4, -0.2) is 36.0 Å². The van der Waals surface area contributed by atoms with Gasteiger partial charge in [0.15, 0.2) is 0 Å². The van der Waals surface area contributed by atoms with E-state index in [1.807, 2.05) is 0 Å². The van der Waals surface area contributed by atoms with E-state index >= 15 is 0 Å². The minimum atomic E-state index is -1.52. The number of hydrogen-bond acceptors (Lipinski definition) is 5. The molecule has 0 spiro atoms. The Bertz CT molecular complexity index is 225. The molecule has 0 aliphatic heterocycles. The van der Waals surface area contributed by atoms with Crippen LogP contribution in [0, 0.1) is 0 Å². The molecule has 0 aromatic carbocycles. The first-order valence-electron chi connectivity index (χ1n) is 3.58. The molecule has 0 aromatic heterocycles. The Kier molecular flexibility index (Phi) is 4.68. The molecule has 13 heavy (non-hydrogen) atoms. The summed E-state index contributed by atoms with van der Waals surface area (Å²) in [4.78, 5) is 31.3. The van der Waals surface area contributed by atoms with Crippen molar-refractivity contribution >= 4 is 17.7 Å². The summed E-state index contributed by atoms with van der Waals surface area (Å²) in [7, 11) is 1.17. The zero-order chi connectivity index (χ0) is 10.4. The number of carbonyl (C=O) groups excluding carboxylic acids is 2. The predicted octanol–water partition coefficient (Wildman–Crippen LogP) is -1.08. The zero-order valence-electron chi connectivity index (χ0n) is 7.15. The quantitative estimate of drug-likeness (QED) is 0.421. The number of carbonyl (C=O) groups is 3. The van der Waals surface area contributed by atoms with E-state index < -0.39 is 23.8 Å². The first kappa shape index (κ1) is 11.6. The molecule has 0 fully saturated rings. The molecule has 1 atom stereocenters. The maximum absolute atomic E-state index is 10.7. The van der Waals surface area contributed by atoms with Crippen LogP contribution in [0.5, 0.6) is 0 Å². The molecule has 74 valence electrons. The summed E-state index contributed by atoms with van der Waals surface area (Å²) in [6.07, 6.45) is -0.274. The maximum atomic E-state index is 10.7. The van der Waals surface area contributed by atoms with Gasteiger partial charge in [-0.1, -0.05) is 0 Å². The van der Waals surface area contributed by atoms with Crippen molar-refractivity contribution in [2.45, 2.75) is 18.9 Å². The van der Waals surface area contributed by atoms with Crippen LogP contribution >= 0.6 is 0 Å². The average molecular weight is 189 g/mol. The van der Waals surface area contributed by atoms with Gasteiger partial charge >= 0.3 is 11.9 Å². The molecule has 6 nitrogen and oxygen atoms in total. The van der Waals surface area contributed by atoms with Crippen LogP contribution in [0.3, 0.4) is 0 Å². The van der Waals surface area contributed by atoms with Gasteiger partial charge in [0.2, 0.25) is 5.78 Å². The lowest BCUT2D eigenvalue weighted by Crippen LogP contribution is -2.32. The Morgan fingerprint density at radius 3 is 2.38 bits per heavy atom. The van der Waals surface area contributed by atoms with Crippen LogP contribution in [0.1, 0.15) is 12.8 Å². The normalized spacial score (nSPS) is 11.8. The molecular weight excluding hydrogens is 178 g/mol. The number of Topliss-reactive ketones (excluding diaryl/α,β-unsaturated/α-hetero) is 1. The summed E-state index contributed by atoms with van der Waals surface area (Å²) in [5.41, 5.74) is 5.26. The van der Waals surface area contributed by atoms with E-state index in [1.54, 1.807) is 0 Å². The number of aliphatic carboxylic acids is 1. The van der Waals surface area contributed by atoms with Crippen LogP contribution in [0.2, 0.25) is 0 Å². The number of ketones is 1. The van der Waals surface area contributed by atoms with E-state index in [2.05, 4.69) is 4.74 Å². The van der Waals surface area contributed by atoms with Gasteiger partial charge in [-0.15, -0.1) is 0 Å². The first-order chi connectivity index (χ1) is 5.99. The SMILES string of the molecule is COC(=O)[C@@H](N)CCC(=O)C(=O)O. The molecule has 6 heteroatoms. The fourth-order valence-corrected chi connectivity index (χ4v) is 0.663. The van der Waals surface area contributed by atoms with E-state index in [4.69, 9.17) is 10.8 Å². The van der Waals surface area contributed by atoms with Crippen molar-refractivity contribution in [2.75, 3.05) is 7.11 Å². The summed E-state index contributed by atoms with van der Waals surface area (Å²) < 4.78 is 4.28. The van der Waals surface area contributed by atoms with E-state index in [0.717, 1.165) is 0 Å². The van der Waals surface area contributed by atoms with Gasteiger partial charge in [-0.2, -0.15) is 0 Å². The standard InChI is InChI=1S/C7H11NO5/c1-13-7(12)4(8)2-3-5(9)6(10)11/h4H,2-3,8H2,1H3,(H,10,11)/t4-/m0/s1. The van der Waals surface area contributed by atoms with Gasteiger partial charge < -0.3 is 15.6 Å². The highest BCUT2D eigenvalue weighted by molar-refractivity contribution is 6.32. The number of carboxylic acids is 1. The summed E-state index contributed by atoms with van der Waals surface area (Å²) in [5.74, 6) is -3.13. The highest BCUT2D eigenvalue weighted by atomic mass is 16.5. The number of methoxy groups -OCH3 is 1. The lowest BCUT2D eigenvalue weighted by molar-refractivity contribution is -0.149. The third-order valence-electron chi connectivity index (χ3n) is 1.42. The molecule has 0 bridgehead atoms. The minimum absolute atomic E-state index is 0.0161. The lowest BCUT2D eigenvalue weighted by Gasteiger charge is -2.06. The second-order valence-electron chi connectivity index (χ2n) is 2.40. The van der Waals surface area contributed by atoms with Gasteiger partial charge in [-0.05, 0) is 6.42 Å². The molecular formula is C7H11NO5. The summed E-state index contributed by atoms with van der Waals surface area (Å²) >= 11 is 0. The molecule has 0 aromatic rings. The Labute approximate surface area is 74.7 Å². The molecule has 0 rings (SSSR count). The van der Waals surface area contributed by atoms with Gasteiger partial charge in [0, 0.05) is 6.42 Å². The first-order valence-corrected chi connectivity index (χ1v) is 3.58. The van der Waals surface area contributed by atoms with Gasteiger partial charge in [-0.25, -0.2) is 4.79 Å². The topological polar surface area (TPSA) is 107 Å². The molecule has 0 radical (unpaired) electrons. The number of hydrogen-bond donors (Lipinski definition) is 2. The maximum Gasteiger partial charge on any atom is 0.372 e. The lowest BCUT2D eigenvalue weighted by atomic mass is 10.1. The molecule has 0 unspecified atom stereocenters. The fraction of sp³-hybridized carbons (Fsp3) is 0.571. The van der Waals surface area contributed by atoms with Crippen molar-refractivity contribution in [3.63, 3.8) is 0 Å². The van der Waals surface area contributed by atoms with E-state index in [9.17, 15) is 14.4 Å². The molecule has 0 amide bonds. The van der Waals surface area contributed by atoms with Crippen LogP contribution in [0.15, 0.2) is 0 Å². The number of ether oxygens (including phenoxy) is 1. The average Bonchev–Trinajstić information content (AvgIpc) is 2.11. The Morgan fingerprint density at radius 2 is 2.00 bits per heavy atom. The Hall–Kier alpha value is -1.43. The number of nitrogens with two attached hydrogens (primary N) is 1. The largest absolute Gasteiger partial charge is 0.476 e. The highest BCUT2D eigenvalue weighted by Gasteiger charge is 2.18. The van der Waals surface area contributed by atoms with Gasteiger partial charge in [0.1, 0.15) is 6.04 Å². The second kappa shape index (κ2) is 5.26. The van der Waals surface area contributed by atoms with Crippen molar-refractivity contribution in [1.29, 1.82) is 0 Å². The van der Waals surface area contributed by atoms with Gasteiger partial charge in [0.25, 0.3) is 0 Å². The van der Waals surface area contributed by atoms with Crippen LogP contribution in [0.25, 0.3) is 0 Å². The molecule has 3 N–H and O–H groups in total. The van der Waals surface area contributed by atoms with Crippen molar-refractivity contribution < 1.29 is 24.2 Å². The van der Waals surface area contributed by atoms with E-state index in [1.165, 1.54) is 7.11 Å². The van der Waals surface area contributed by atoms with Crippen LogP contribution in [0.4, 0.5) is 0 Å². The number of rotatable bonds is 5. The summed E-state index contributed by atoms with van der Waals surface area (Å²) in [5, 5.41) is 8.18. The molecule has 0 saturated carbocycles. The van der Waals surface area contributed by atoms with Crippen molar-refractivity contribution in [3.8, 4) is 0 Å². The highest BCUT2D eigenvalue weighted by Crippen LogP contribution is 1.97. The number of carboxylic acid groups (broad SMARTS) is 1. The molecule has 0 saturated heterocycles.